The quantitative estimate of drug-likeness (QED) is 0.586. The molecule has 0 amide bonds. The monoisotopic (exact) mass is 280 g/mol. The van der Waals surface area contributed by atoms with E-state index in [-0.39, 0.29) is 5.69 Å². The number of aromatic nitrogens is 2. The normalized spacial score (nSPS) is 10.5. The second-order valence-electron chi connectivity index (χ2n) is 4.46. The van der Waals surface area contributed by atoms with Gasteiger partial charge in [-0.15, -0.1) is 0 Å². The Morgan fingerprint density at radius 1 is 1.05 bits per heavy atom. The minimum atomic E-state index is -0.419. The van der Waals surface area contributed by atoms with E-state index >= 15 is 0 Å². The Labute approximate surface area is 120 Å². The fraction of sp³-hybridized carbons (Fsp3) is 0.0667. The highest BCUT2D eigenvalue weighted by Crippen LogP contribution is 2.28. The molecule has 6 heteroatoms. The highest BCUT2D eigenvalue weighted by molar-refractivity contribution is 5.96. The summed E-state index contributed by atoms with van der Waals surface area (Å²) in [4.78, 5) is 19.0. The molecule has 0 fully saturated rings. The number of benzene rings is 1. The van der Waals surface area contributed by atoms with Crippen molar-refractivity contribution >= 4 is 22.3 Å². The fourth-order valence-electron chi connectivity index (χ4n) is 2.15. The molecule has 1 aromatic carbocycles. The van der Waals surface area contributed by atoms with Crippen molar-refractivity contribution in [3.05, 3.63) is 70.7 Å². The summed E-state index contributed by atoms with van der Waals surface area (Å²) in [5, 5.41) is 15.0. The molecule has 1 N–H and O–H groups in total. The molecule has 0 bridgehead atoms. The van der Waals surface area contributed by atoms with Gasteiger partial charge in [0, 0.05) is 29.5 Å². The molecule has 0 saturated heterocycles. The van der Waals surface area contributed by atoms with Gasteiger partial charge >= 0.3 is 0 Å². The van der Waals surface area contributed by atoms with Crippen LogP contribution in [0, 0.1) is 10.1 Å². The molecule has 0 aliphatic rings. The van der Waals surface area contributed by atoms with Crippen molar-refractivity contribution in [2.24, 2.45) is 0 Å². The molecule has 2 aromatic heterocycles. The first kappa shape index (κ1) is 13.0. The van der Waals surface area contributed by atoms with E-state index in [2.05, 4.69) is 15.3 Å². The number of rotatable bonds is 4. The van der Waals surface area contributed by atoms with Crippen LogP contribution >= 0.6 is 0 Å². The molecule has 0 radical (unpaired) electrons. The van der Waals surface area contributed by atoms with E-state index in [1.807, 2.05) is 24.3 Å². The Hall–Kier alpha value is -3.02. The maximum absolute atomic E-state index is 11.0. The number of hydrogen-bond acceptors (Lipinski definition) is 5. The van der Waals surface area contributed by atoms with Gasteiger partial charge in [-0.25, -0.2) is 4.98 Å². The zero-order valence-electron chi connectivity index (χ0n) is 11.1. The van der Waals surface area contributed by atoms with Crippen LogP contribution in [0.1, 0.15) is 5.69 Å². The third-order valence-corrected chi connectivity index (χ3v) is 3.13. The number of hydrogen-bond donors (Lipinski definition) is 1. The molecular weight excluding hydrogens is 268 g/mol. The third kappa shape index (κ3) is 2.64. The SMILES string of the molecule is O=[N+]([O-])c1cccc2c(NCc3ccccn3)ccnc12. The van der Waals surface area contributed by atoms with Gasteiger partial charge in [0.15, 0.2) is 0 Å². The van der Waals surface area contributed by atoms with Crippen LogP contribution in [-0.4, -0.2) is 14.9 Å². The molecule has 104 valence electrons. The number of fused-ring (bicyclic) bond motifs is 1. The van der Waals surface area contributed by atoms with Crippen molar-refractivity contribution in [1.29, 1.82) is 0 Å². The van der Waals surface area contributed by atoms with Crippen LogP contribution in [-0.2, 0) is 6.54 Å². The number of nitro groups is 1. The predicted octanol–water partition coefficient (Wildman–Crippen LogP) is 3.15. The summed E-state index contributed by atoms with van der Waals surface area (Å²) < 4.78 is 0. The van der Waals surface area contributed by atoms with Crippen molar-refractivity contribution in [3.8, 4) is 0 Å². The molecule has 21 heavy (non-hydrogen) atoms. The van der Waals surface area contributed by atoms with Crippen molar-refractivity contribution in [2.75, 3.05) is 5.32 Å². The molecule has 0 unspecified atom stereocenters. The Bertz CT molecular complexity index is 790. The molecule has 0 aliphatic carbocycles. The first-order valence-electron chi connectivity index (χ1n) is 6.41. The number of nitro benzene ring substituents is 1. The van der Waals surface area contributed by atoms with Crippen LogP contribution in [0.25, 0.3) is 10.9 Å². The molecule has 0 spiro atoms. The van der Waals surface area contributed by atoms with Crippen LogP contribution in [0.15, 0.2) is 54.9 Å². The molecule has 6 nitrogen and oxygen atoms in total. The summed E-state index contributed by atoms with van der Waals surface area (Å²) in [6, 6.07) is 12.4. The summed E-state index contributed by atoms with van der Waals surface area (Å²) in [5.41, 5.74) is 2.09. The van der Waals surface area contributed by atoms with Gasteiger partial charge in [-0.2, -0.15) is 0 Å². The zero-order chi connectivity index (χ0) is 14.7. The average Bonchev–Trinajstić information content (AvgIpc) is 2.53. The fourth-order valence-corrected chi connectivity index (χ4v) is 2.15. The van der Waals surface area contributed by atoms with E-state index in [1.165, 1.54) is 6.07 Å². The van der Waals surface area contributed by atoms with Crippen molar-refractivity contribution in [1.82, 2.24) is 9.97 Å². The second kappa shape index (κ2) is 5.54. The summed E-state index contributed by atoms with van der Waals surface area (Å²) in [5.74, 6) is 0. The number of nitrogens with one attached hydrogen (secondary N) is 1. The van der Waals surface area contributed by atoms with Gasteiger partial charge in [0.05, 0.1) is 17.2 Å². The van der Waals surface area contributed by atoms with Gasteiger partial charge < -0.3 is 5.32 Å². The van der Waals surface area contributed by atoms with E-state index in [0.717, 1.165) is 16.8 Å². The molecule has 2 heterocycles. The molecule has 0 saturated carbocycles. The second-order valence-corrected chi connectivity index (χ2v) is 4.46. The van der Waals surface area contributed by atoms with Crippen LogP contribution in [0.4, 0.5) is 11.4 Å². The summed E-state index contributed by atoms with van der Waals surface area (Å²) in [6.07, 6.45) is 3.29. The van der Waals surface area contributed by atoms with Crippen molar-refractivity contribution < 1.29 is 4.92 Å². The Balaban J connectivity index is 1.96. The lowest BCUT2D eigenvalue weighted by Crippen LogP contribution is -2.02. The van der Waals surface area contributed by atoms with Gasteiger partial charge in [0.25, 0.3) is 5.69 Å². The molecule has 3 rings (SSSR count). The lowest BCUT2D eigenvalue weighted by molar-refractivity contribution is -0.383. The van der Waals surface area contributed by atoms with Crippen LogP contribution < -0.4 is 5.32 Å². The summed E-state index contributed by atoms with van der Waals surface area (Å²) in [7, 11) is 0. The van der Waals surface area contributed by atoms with Gasteiger partial charge in [0.1, 0.15) is 5.52 Å². The number of anilines is 1. The van der Waals surface area contributed by atoms with Crippen LogP contribution in [0.3, 0.4) is 0 Å². The number of para-hydroxylation sites is 1. The Morgan fingerprint density at radius 3 is 2.71 bits per heavy atom. The number of nitrogens with zero attached hydrogens (tertiary/aromatic N) is 3. The topological polar surface area (TPSA) is 81.0 Å². The maximum Gasteiger partial charge on any atom is 0.295 e. The summed E-state index contributed by atoms with van der Waals surface area (Å²) in [6.45, 7) is 0.544. The highest BCUT2D eigenvalue weighted by Gasteiger charge is 2.14. The van der Waals surface area contributed by atoms with E-state index in [0.29, 0.717) is 12.1 Å². The first-order valence-corrected chi connectivity index (χ1v) is 6.41. The minimum Gasteiger partial charge on any atom is -0.379 e. The van der Waals surface area contributed by atoms with E-state index < -0.39 is 4.92 Å². The molecular formula is C15H12N4O2. The first-order chi connectivity index (χ1) is 10.3. The largest absolute Gasteiger partial charge is 0.379 e. The van der Waals surface area contributed by atoms with Crippen LogP contribution in [0.2, 0.25) is 0 Å². The van der Waals surface area contributed by atoms with Crippen molar-refractivity contribution in [3.63, 3.8) is 0 Å². The van der Waals surface area contributed by atoms with Gasteiger partial charge in [-0.1, -0.05) is 18.2 Å². The van der Waals surface area contributed by atoms with E-state index in [1.54, 1.807) is 24.5 Å². The van der Waals surface area contributed by atoms with Gasteiger partial charge in [0.2, 0.25) is 0 Å². The third-order valence-electron chi connectivity index (χ3n) is 3.13. The lowest BCUT2D eigenvalue weighted by Gasteiger charge is -2.09. The minimum absolute atomic E-state index is 0.00832. The molecule has 0 aliphatic heterocycles. The summed E-state index contributed by atoms with van der Waals surface area (Å²) >= 11 is 0. The van der Waals surface area contributed by atoms with Crippen LogP contribution in [0.5, 0.6) is 0 Å². The Morgan fingerprint density at radius 2 is 1.95 bits per heavy atom. The van der Waals surface area contributed by atoms with Gasteiger partial charge in [-0.3, -0.25) is 15.1 Å². The lowest BCUT2D eigenvalue weighted by atomic mass is 10.1. The number of pyridine rings is 2. The maximum atomic E-state index is 11.0. The van der Waals surface area contributed by atoms with E-state index in [9.17, 15) is 10.1 Å². The smallest absolute Gasteiger partial charge is 0.295 e. The van der Waals surface area contributed by atoms with Crippen molar-refractivity contribution in [2.45, 2.75) is 6.54 Å². The zero-order valence-corrected chi connectivity index (χ0v) is 11.1. The standard InChI is InChI=1S/C15H12N4O2/c20-19(21)14-6-3-5-12-13(7-9-17-15(12)14)18-10-11-4-1-2-8-16-11/h1-9H,10H2,(H,17,18). The van der Waals surface area contributed by atoms with E-state index in [4.69, 9.17) is 0 Å². The number of non-ortho nitro benzene ring substituents is 1. The highest BCUT2D eigenvalue weighted by atomic mass is 16.6. The Kier molecular flexibility index (Phi) is 3.42. The average molecular weight is 280 g/mol. The van der Waals surface area contributed by atoms with Gasteiger partial charge in [-0.05, 0) is 18.2 Å². The predicted molar refractivity (Wildman–Crippen MR) is 80.0 cm³/mol. The molecule has 0 atom stereocenters. The molecule has 3 aromatic rings.